The normalized spacial score (nSPS) is 12.4. The number of halogens is 1. The van der Waals surface area contributed by atoms with E-state index in [1.807, 2.05) is 0 Å². The van der Waals surface area contributed by atoms with Crippen LogP contribution in [0.1, 0.15) is 0 Å². The van der Waals surface area contributed by atoms with Crippen LogP contribution in [-0.4, -0.2) is 23.4 Å². The summed E-state index contributed by atoms with van der Waals surface area (Å²) in [6.07, 6.45) is 4.42. The number of hydrogen-bond acceptors (Lipinski definition) is 4. The Kier molecular flexibility index (Phi) is 4.23. The van der Waals surface area contributed by atoms with Crippen LogP contribution in [0.4, 0.5) is 0 Å². The van der Waals surface area contributed by atoms with Crippen LogP contribution in [0.2, 0.25) is 0 Å². The van der Waals surface area contributed by atoms with Crippen molar-refractivity contribution in [2.75, 3.05) is 0 Å². The molecule has 0 amide bonds. The molecule has 5 nitrogen and oxygen atoms in total. The van der Waals surface area contributed by atoms with Crippen LogP contribution in [0.3, 0.4) is 0 Å². The number of nitrogens with zero attached hydrogens (tertiary/aromatic N) is 3. The summed E-state index contributed by atoms with van der Waals surface area (Å²) in [5, 5.41) is 3.83. The molecule has 0 aromatic carbocycles. The minimum atomic E-state index is -2.29. The molecule has 0 radical (unpaired) electrons. The molecule has 0 fully saturated rings. The molecule has 0 aliphatic heterocycles. The number of rotatable bonds is 1. The van der Waals surface area contributed by atoms with Crippen LogP contribution >= 0.6 is 15.9 Å². The van der Waals surface area contributed by atoms with Gasteiger partial charge in [-0.1, -0.05) is 0 Å². The zero-order valence-electron chi connectivity index (χ0n) is 7.18. The molecule has 0 spiro atoms. The van der Waals surface area contributed by atoms with Gasteiger partial charge in [-0.3, -0.25) is 4.21 Å². The van der Waals surface area contributed by atoms with E-state index in [4.69, 9.17) is 0 Å². The molecule has 1 unspecified atom stereocenters. The van der Waals surface area contributed by atoms with Gasteiger partial charge in [-0.15, -0.1) is 0 Å². The average Bonchev–Trinajstić information content (AvgIpc) is 2.46. The Bertz CT molecular complexity index is 489. The molecule has 0 bridgehead atoms. The molecule has 0 saturated carbocycles. The average molecular weight is 284 g/mol. The van der Waals surface area contributed by atoms with E-state index in [1.165, 1.54) is 16.9 Å². The third-order valence-corrected chi connectivity index (χ3v) is 2.53. The van der Waals surface area contributed by atoms with Crippen molar-refractivity contribution in [2.24, 2.45) is 0 Å². The molecule has 14 heavy (non-hydrogen) atoms. The van der Waals surface area contributed by atoms with Gasteiger partial charge in [0, 0.05) is 12.4 Å². The molecule has 68 valence electrons. The van der Waals surface area contributed by atoms with E-state index in [0.29, 0.717) is 5.65 Å². The van der Waals surface area contributed by atoms with Gasteiger partial charge in [0.15, 0.2) is 5.65 Å². The summed E-state index contributed by atoms with van der Waals surface area (Å²) in [6.45, 7) is 0. The first kappa shape index (κ1) is 12.3. The Labute approximate surface area is 113 Å². The Hall–Kier alpha value is 0.210. The number of hydrogen-bond donors (Lipinski definition) is 0. The van der Waals surface area contributed by atoms with Crippen LogP contribution in [0, 0.1) is 0 Å². The Morgan fingerprint density at radius 2 is 2.21 bits per heavy atom. The van der Waals surface area contributed by atoms with Crippen LogP contribution in [0.5, 0.6) is 0 Å². The van der Waals surface area contributed by atoms with Crippen molar-refractivity contribution < 1.29 is 38.3 Å². The molecule has 0 saturated heterocycles. The van der Waals surface area contributed by atoms with Gasteiger partial charge in [-0.05, 0) is 27.0 Å². The maximum absolute atomic E-state index is 10.7. The number of aromatic nitrogens is 3. The van der Waals surface area contributed by atoms with Crippen molar-refractivity contribution in [3.05, 3.63) is 23.1 Å². The van der Waals surface area contributed by atoms with Gasteiger partial charge in [0.2, 0.25) is 0 Å². The summed E-state index contributed by atoms with van der Waals surface area (Å²) in [7, 11) is 0. The molecule has 2 rings (SSSR count). The third-order valence-electron chi connectivity index (χ3n) is 1.47. The van der Waals surface area contributed by atoms with Crippen molar-refractivity contribution in [1.29, 1.82) is 0 Å². The molecule has 8 heteroatoms. The molecule has 2 aromatic rings. The third kappa shape index (κ3) is 2.23. The van der Waals surface area contributed by atoms with E-state index in [0.717, 1.165) is 4.47 Å². The van der Waals surface area contributed by atoms with Gasteiger partial charge in [-0.25, -0.2) is 9.50 Å². The van der Waals surface area contributed by atoms with Crippen molar-refractivity contribution in [3.8, 4) is 0 Å². The predicted molar refractivity (Wildman–Crippen MR) is 47.9 cm³/mol. The molecular weight excluding hydrogens is 281 g/mol. The van der Waals surface area contributed by atoms with Crippen molar-refractivity contribution >= 4 is 32.7 Å². The second-order valence-corrected chi connectivity index (χ2v) is 4.11. The van der Waals surface area contributed by atoms with Crippen LogP contribution in [-0.2, 0) is 11.1 Å². The minimum Gasteiger partial charge on any atom is -0.768 e. The molecule has 0 aliphatic carbocycles. The SMILES string of the molecule is O=S([O-])c1cnn2cc(Br)cnc12.[Na+]. The smallest absolute Gasteiger partial charge is 0.768 e. The second kappa shape index (κ2) is 4.82. The van der Waals surface area contributed by atoms with E-state index in [1.54, 1.807) is 6.20 Å². The van der Waals surface area contributed by atoms with Crippen molar-refractivity contribution in [1.82, 2.24) is 14.6 Å². The van der Waals surface area contributed by atoms with Crippen LogP contribution < -0.4 is 29.6 Å². The van der Waals surface area contributed by atoms with Gasteiger partial charge in [-0.2, -0.15) is 5.10 Å². The quantitative estimate of drug-likeness (QED) is 0.437. The van der Waals surface area contributed by atoms with E-state index in [9.17, 15) is 8.76 Å². The fourth-order valence-corrected chi connectivity index (χ4v) is 1.67. The van der Waals surface area contributed by atoms with E-state index < -0.39 is 11.1 Å². The van der Waals surface area contributed by atoms with E-state index >= 15 is 0 Å². The summed E-state index contributed by atoms with van der Waals surface area (Å²) in [5.74, 6) is 0. The fourth-order valence-electron chi connectivity index (χ4n) is 0.948. The summed E-state index contributed by atoms with van der Waals surface area (Å²) in [5.41, 5.74) is 0.330. The van der Waals surface area contributed by atoms with Crippen LogP contribution in [0.25, 0.3) is 5.65 Å². The molecule has 0 aliphatic rings. The maximum atomic E-state index is 10.7. The second-order valence-electron chi connectivity index (χ2n) is 2.28. The molecule has 2 heterocycles. The van der Waals surface area contributed by atoms with Crippen molar-refractivity contribution in [3.63, 3.8) is 0 Å². The number of fused-ring (bicyclic) bond motifs is 1. The summed E-state index contributed by atoms with van der Waals surface area (Å²) >= 11 is 0.911. The van der Waals surface area contributed by atoms with E-state index in [2.05, 4.69) is 26.0 Å². The summed E-state index contributed by atoms with van der Waals surface area (Å²) in [4.78, 5) is 4.03. The largest absolute Gasteiger partial charge is 1.00 e. The predicted octanol–water partition coefficient (Wildman–Crippen LogP) is -2.27. The van der Waals surface area contributed by atoms with Crippen LogP contribution in [0.15, 0.2) is 28.0 Å². The monoisotopic (exact) mass is 283 g/mol. The molecule has 1 atom stereocenters. The van der Waals surface area contributed by atoms with Gasteiger partial charge in [0.25, 0.3) is 0 Å². The first-order valence-corrected chi connectivity index (χ1v) is 5.13. The van der Waals surface area contributed by atoms with Gasteiger partial charge in [0.05, 0.1) is 15.6 Å². The van der Waals surface area contributed by atoms with Gasteiger partial charge in [0.1, 0.15) is 0 Å². The molecule has 0 N–H and O–H groups in total. The Morgan fingerprint density at radius 1 is 1.50 bits per heavy atom. The van der Waals surface area contributed by atoms with E-state index in [-0.39, 0.29) is 34.5 Å². The topological polar surface area (TPSA) is 70.3 Å². The first-order chi connectivity index (χ1) is 6.18. The van der Waals surface area contributed by atoms with Gasteiger partial charge >= 0.3 is 29.6 Å². The molecular formula is C6H3BrN3NaO2S. The zero-order chi connectivity index (χ0) is 9.42. The standard InChI is InChI=1S/C6H4BrN3O2S.Na/c7-4-1-8-6-5(13(11)12)2-9-10(6)3-4;/h1-3H,(H,11,12);/q;+1/p-1. The molecule has 2 aromatic heterocycles. The van der Waals surface area contributed by atoms with Crippen molar-refractivity contribution in [2.45, 2.75) is 4.90 Å². The first-order valence-electron chi connectivity index (χ1n) is 3.26. The Balaban J connectivity index is 0.000000980. The maximum Gasteiger partial charge on any atom is 1.00 e. The van der Waals surface area contributed by atoms with Gasteiger partial charge < -0.3 is 4.55 Å². The Morgan fingerprint density at radius 3 is 2.86 bits per heavy atom. The summed E-state index contributed by atoms with van der Waals surface area (Å²) in [6, 6.07) is 0. The minimum absolute atomic E-state index is 0. The fraction of sp³-hybridized carbons (Fsp3) is 0. The summed E-state index contributed by atoms with van der Waals surface area (Å²) < 4.78 is 23.5. The zero-order valence-corrected chi connectivity index (χ0v) is 11.6.